The van der Waals surface area contributed by atoms with Crippen molar-refractivity contribution in [2.45, 2.75) is 69.0 Å². The van der Waals surface area contributed by atoms with Crippen molar-refractivity contribution < 1.29 is 0 Å². The van der Waals surface area contributed by atoms with Crippen LogP contribution in [0.2, 0.25) is 5.02 Å². The Morgan fingerprint density at radius 2 is 1.76 bits per heavy atom. The molecule has 3 rings (SSSR count). The summed E-state index contributed by atoms with van der Waals surface area (Å²) in [4.78, 5) is 0. The van der Waals surface area contributed by atoms with Crippen LogP contribution in [-0.4, -0.2) is 19.1 Å². The third kappa shape index (κ3) is 2.99. The molecule has 1 aromatic rings. The second kappa shape index (κ2) is 6.68. The van der Waals surface area contributed by atoms with Crippen LogP contribution >= 0.6 is 11.6 Å². The average molecular weight is 307 g/mol. The van der Waals surface area contributed by atoms with E-state index in [-0.39, 0.29) is 5.54 Å². The minimum Gasteiger partial charge on any atom is -0.309 e. The molecule has 116 valence electrons. The molecular formula is C18H27ClN2. The predicted molar refractivity (Wildman–Crippen MR) is 89.8 cm³/mol. The Balaban J connectivity index is 1.90. The second-order valence-corrected chi connectivity index (χ2v) is 7.05. The van der Waals surface area contributed by atoms with Gasteiger partial charge >= 0.3 is 0 Å². The Labute approximate surface area is 133 Å². The highest BCUT2D eigenvalue weighted by atomic mass is 35.5. The molecule has 3 heteroatoms. The molecule has 2 aliphatic rings. The maximum atomic E-state index is 6.54. The first-order valence-electron chi connectivity index (χ1n) is 8.46. The number of hydrogen-bond acceptors (Lipinski definition) is 2. The van der Waals surface area contributed by atoms with E-state index in [2.05, 4.69) is 29.8 Å². The highest BCUT2D eigenvalue weighted by molar-refractivity contribution is 6.31. The van der Waals surface area contributed by atoms with E-state index >= 15 is 0 Å². The number of rotatable bonds is 4. The molecule has 21 heavy (non-hydrogen) atoms. The fourth-order valence-corrected chi connectivity index (χ4v) is 4.66. The van der Waals surface area contributed by atoms with Crippen molar-refractivity contribution in [1.29, 1.82) is 0 Å². The van der Waals surface area contributed by atoms with Crippen LogP contribution in [-0.2, 0) is 5.54 Å². The highest BCUT2D eigenvalue weighted by Gasteiger charge is 2.42. The first-order valence-corrected chi connectivity index (χ1v) is 8.84. The summed E-state index contributed by atoms with van der Waals surface area (Å²) >= 11 is 6.54. The molecule has 2 nitrogen and oxygen atoms in total. The Kier molecular flexibility index (Phi) is 4.88. The number of benzene rings is 1. The summed E-state index contributed by atoms with van der Waals surface area (Å²) in [6.45, 7) is 0. The molecule has 0 radical (unpaired) electrons. The summed E-state index contributed by atoms with van der Waals surface area (Å²) in [5, 5.41) is 8.51. The lowest BCUT2D eigenvalue weighted by Crippen LogP contribution is -2.59. The van der Waals surface area contributed by atoms with Crippen molar-refractivity contribution in [2.75, 3.05) is 7.05 Å². The first-order chi connectivity index (χ1) is 10.3. The quantitative estimate of drug-likeness (QED) is 0.870. The Morgan fingerprint density at radius 1 is 1.05 bits per heavy atom. The third-order valence-corrected chi connectivity index (χ3v) is 5.83. The van der Waals surface area contributed by atoms with Gasteiger partial charge in [-0.05, 0) is 44.4 Å². The van der Waals surface area contributed by atoms with Crippen molar-refractivity contribution in [2.24, 2.45) is 0 Å². The minimum absolute atomic E-state index is 0.0147. The van der Waals surface area contributed by atoms with E-state index in [1.807, 2.05) is 12.1 Å². The van der Waals surface area contributed by atoms with Gasteiger partial charge in [0.1, 0.15) is 0 Å². The predicted octanol–water partition coefficient (Wildman–Crippen LogP) is 4.23. The fraction of sp³-hybridized carbons (Fsp3) is 0.667. The van der Waals surface area contributed by atoms with E-state index in [4.69, 9.17) is 11.6 Å². The zero-order chi connectivity index (χ0) is 14.7. The lowest BCUT2D eigenvalue weighted by atomic mass is 9.72. The molecule has 2 saturated carbocycles. The third-order valence-electron chi connectivity index (χ3n) is 5.50. The summed E-state index contributed by atoms with van der Waals surface area (Å²) < 4.78 is 0. The van der Waals surface area contributed by atoms with Gasteiger partial charge in [0.05, 0.1) is 5.54 Å². The zero-order valence-corrected chi connectivity index (χ0v) is 13.8. The van der Waals surface area contributed by atoms with Crippen LogP contribution in [0.15, 0.2) is 24.3 Å². The minimum atomic E-state index is -0.0147. The van der Waals surface area contributed by atoms with Crippen LogP contribution in [0, 0.1) is 0 Å². The van der Waals surface area contributed by atoms with E-state index in [0.717, 1.165) is 11.4 Å². The smallest absolute Gasteiger partial charge is 0.0602 e. The molecule has 0 aliphatic heterocycles. The lowest BCUT2D eigenvalue weighted by molar-refractivity contribution is 0.165. The maximum Gasteiger partial charge on any atom is 0.0602 e. The zero-order valence-electron chi connectivity index (χ0n) is 13.0. The fourth-order valence-electron chi connectivity index (χ4n) is 4.35. The van der Waals surface area contributed by atoms with Gasteiger partial charge < -0.3 is 10.6 Å². The summed E-state index contributed by atoms with van der Waals surface area (Å²) in [6, 6.07) is 9.55. The molecule has 2 fully saturated rings. The van der Waals surface area contributed by atoms with E-state index in [0.29, 0.717) is 12.1 Å². The van der Waals surface area contributed by atoms with Gasteiger partial charge in [-0.25, -0.2) is 0 Å². The Bertz CT molecular complexity index is 470. The molecule has 0 bridgehead atoms. The van der Waals surface area contributed by atoms with Crippen LogP contribution in [0.4, 0.5) is 0 Å². The van der Waals surface area contributed by atoms with Crippen LogP contribution in [0.3, 0.4) is 0 Å². The van der Waals surface area contributed by atoms with E-state index in [9.17, 15) is 0 Å². The molecule has 0 spiro atoms. The van der Waals surface area contributed by atoms with Crippen LogP contribution in [0.1, 0.15) is 56.9 Å². The molecule has 0 heterocycles. The molecule has 2 atom stereocenters. The van der Waals surface area contributed by atoms with Crippen LogP contribution in [0.25, 0.3) is 0 Å². The van der Waals surface area contributed by atoms with Gasteiger partial charge in [-0.15, -0.1) is 0 Å². The van der Waals surface area contributed by atoms with Gasteiger partial charge in [0, 0.05) is 17.1 Å². The van der Waals surface area contributed by atoms with Crippen molar-refractivity contribution in [3.05, 3.63) is 34.9 Å². The van der Waals surface area contributed by atoms with E-state index < -0.39 is 0 Å². The normalized spacial score (nSPS) is 30.7. The lowest BCUT2D eigenvalue weighted by Gasteiger charge is -2.46. The molecule has 0 saturated heterocycles. The number of likely N-dealkylation sites (N-methyl/N-ethyl adjacent to an activating group) is 1. The molecular weight excluding hydrogens is 280 g/mol. The summed E-state index contributed by atoms with van der Waals surface area (Å²) in [5.41, 5.74) is 1.25. The van der Waals surface area contributed by atoms with Crippen molar-refractivity contribution >= 4 is 11.6 Å². The molecule has 2 N–H and O–H groups in total. The second-order valence-electron chi connectivity index (χ2n) is 6.65. The van der Waals surface area contributed by atoms with Gasteiger partial charge in [0.25, 0.3) is 0 Å². The largest absolute Gasteiger partial charge is 0.309 e. The topological polar surface area (TPSA) is 24.1 Å². The summed E-state index contributed by atoms with van der Waals surface area (Å²) in [6.07, 6.45) is 10.4. The van der Waals surface area contributed by atoms with Crippen molar-refractivity contribution in [3.63, 3.8) is 0 Å². The van der Waals surface area contributed by atoms with Gasteiger partial charge in [-0.2, -0.15) is 0 Å². The molecule has 0 amide bonds. The van der Waals surface area contributed by atoms with Crippen molar-refractivity contribution in [1.82, 2.24) is 10.6 Å². The monoisotopic (exact) mass is 306 g/mol. The van der Waals surface area contributed by atoms with Gasteiger partial charge in [0.2, 0.25) is 0 Å². The Hall–Kier alpha value is -0.570. The average Bonchev–Trinajstić information content (AvgIpc) is 3.02. The SMILES string of the molecule is CN[C@@]1(c2ccccc2Cl)CCCC[C@H]1NC1CCCC1. The molecule has 2 aliphatic carbocycles. The van der Waals surface area contributed by atoms with Gasteiger partial charge in [-0.3, -0.25) is 0 Å². The standard InChI is InChI=1S/C18H27ClN2/c1-20-18(15-10-4-5-11-16(15)19)13-7-6-12-17(18)21-14-8-2-3-9-14/h4-5,10-11,14,17,20-21H,2-3,6-9,12-13H2,1H3/t17-,18-/m1/s1. The number of halogens is 1. The van der Waals surface area contributed by atoms with E-state index in [1.54, 1.807) is 0 Å². The molecule has 1 aromatic carbocycles. The first kappa shape index (κ1) is 15.3. The van der Waals surface area contributed by atoms with Gasteiger partial charge in [-0.1, -0.05) is 55.5 Å². The van der Waals surface area contributed by atoms with Gasteiger partial charge in [0.15, 0.2) is 0 Å². The van der Waals surface area contributed by atoms with E-state index in [1.165, 1.54) is 50.5 Å². The van der Waals surface area contributed by atoms with Crippen LogP contribution in [0.5, 0.6) is 0 Å². The molecule has 0 aromatic heterocycles. The summed E-state index contributed by atoms with van der Waals surface area (Å²) in [5.74, 6) is 0. The number of nitrogens with one attached hydrogen (secondary N) is 2. The summed E-state index contributed by atoms with van der Waals surface area (Å²) in [7, 11) is 2.10. The Morgan fingerprint density at radius 3 is 2.48 bits per heavy atom. The van der Waals surface area contributed by atoms with Crippen molar-refractivity contribution in [3.8, 4) is 0 Å². The highest BCUT2D eigenvalue weighted by Crippen LogP contribution is 2.40. The maximum absolute atomic E-state index is 6.54. The number of hydrogen-bond donors (Lipinski definition) is 2. The molecule has 0 unspecified atom stereocenters. The van der Waals surface area contributed by atoms with Crippen LogP contribution < -0.4 is 10.6 Å².